The molecule has 1 heteroatoms. The van der Waals surface area contributed by atoms with Crippen molar-refractivity contribution in [3.8, 4) is 0 Å². The van der Waals surface area contributed by atoms with E-state index < -0.39 is 0 Å². The summed E-state index contributed by atoms with van der Waals surface area (Å²) in [7, 11) is 0. The molecule has 1 aromatic rings. The first kappa shape index (κ1) is 12.4. The van der Waals surface area contributed by atoms with Crippen LogP contribution in [-0.4, -0.2) is 18.0 Å². The second kappa shape index (κ2) is 6.02. The molecule has 0 N–H and O–H groups in total. The van der Waals surface area contributed by atoms with E-state index in [1.54, 1.807) is 0 Å². The van der Waals surface area contributed by atoms with E-state index in [0.717, 1.165) is 12.1 Å². The molecule has 1 aliphatic rings. The van der Waals surface area contributed by atoms with Gasteiger partial charge in [0.1, 0.15) is 0 Å². The van der Waals surface area contributed by atoms with Crippen LogP contribution in [0, 0.1) is 0 Å². The van der Waals surface area contributed by atoms with Crippen LogP contribution in [0.5, 0.6) is 0 Å². The molecule has 1 aromatic carbocycles. The lowest BCUT2D eigenvalue weighted by Crippen LogP contribution is -2.23. The van der Waals surface area contributed by atoms with Crippen LogP contribution in [0.25, 0.3) is 5.57 Å². The Morgan fingerprint density at radius 2 is 1.88 bits per heavy atom. The number of hydrogen-bond donors (Lipinski definition) is 0. The molecule has 2 rings (SSSR count). The summed E-state index contributed by atoms with van der Waals surface area (Å²) < 4.78 is 0. The van der Waals surface area contributed by atoms with E-state index in [-0.39, 0.29) is 0 Å². The van der Waals surface area contributed by atoms with Gasteiger partial charge in [-0.1, -0.05) is 49.3 Å². The monoisotopic (exact) mass is 229 g/mol. The SMILES string of the molecule is C=C(C)c1cccc(CN2CCCCCC2)c1. The van der Waals surface area contributed by atoms with Gasteiger partial charge in [0.25, 0.3) is 0 Å². The van der Waals surface area contributed by atoms with E-state index in [0.29, 0.717) is 0 Å². The summed E-state index contributed by atoms with van der Waals surface area (Å²) in [6.45, 7) is 9.71. The standard InChI is InChI=1S/C16H23N/c1-14(2)16-9-7-8-15(12-16)13-17-10-5-3-4-6-11-17/h7-9,12H,1,3-6,10-11,13H2,2H3. The Morgan fingerprint density at radius 1 is 1.18 bits per heavy atom. The fourth-order valence-corrected chi connectivity index (χ4v) is 2.49. The zero-order valence-electron chi connectivity index (χ0n) is 10.9. The molecule has 0 atom stereocenters. The molecular formula is C16H23N. The van der Waals surface area contributed by atoms with Crippen LogP contribution in [0.15, 0.2) is 30.8 Å². The van der Waals surface area contributed by atoms with Gasteiger partial charge >= 0.3 is 0 Å². The number of likely N-dealkylation sites (tertiary alicyclic amines) is 1. The van der Waals surface area contributed by atoms with E-state index in [1.165, 1.54) is 49.9 Å². The van der Waals surface area contributed by atoms with Crippen LogP contribution < -0.4 is 0 Å². The van der Waals surface area contributed by atoms with Crippen molar-refractivity contribution in [3.63, 3.8) is 0 Å². The summed E-state index contributed by atoms with van der Waals surface area (Å²) >= 11 is 0. The molecule has 1 saturated heterocycles. The Hall–Kier alpha value is -1.08. The third-order valence-corrected chi connectivity index (χ3v) is 3.52. The predicted octanol–water partition coefficient (Wildman–Crippen LogP) is 4.10. The van der Waals surface area contributed by atoms with Gasteiger partial charge in [-0.05, 0) is 44.0 Å². The van der Waals surface area contributed by atoms with Gasteiger partial charge < -0.3 is 0 Å². The Balaban J connectivity index is 2.01. The maximum atomic E-state index is 4.01. The van der Waals surface area contributed by atoms with Gasteiger partial charge in [0, 0.05) is 6.54 Å². The minimum absolute atomic E-state index is 1.10. The first-order valence-corrected chi connectivity index (χ1v) is 6.73. The molecular weight excluding hydrogens is 206 g/mol. The van der Waals surface area contributed by atoms with Gasteiger partial charge in [-0.25, -0.2) is 0 Å². The normalized spacial score (nSPS) is 17.7. The fourth-order valence-electron chi connectivity index (χ4n) is 2.49. The highest BCUT2D eigenvalue weighted by Crippen LogP contribution is 2.17. The van der Waals surface area contributed by atoms with Crippen LogP contribution in [0.1, 0.15) is 43.7 Å². The molecule has 0 saturated carbocycles. The van der Waals surface area contributed by atoms with E-state index in [1.807, 2.05) is 0 Å². The van der Waals surface area contributed by atoms with E-state index in [2.05, 4.69) is 42.7 Å². The summed E-state index contributed by atoms with van der Waals surface area (Å²) in [4.78, 5) is 2.59. The maximum absolute atomic E-state index is 4.01. The Kier molecular flexibility index (Phi) is 4.38. The number of nitrogens with zero attached hydrogens (tertiary/aromatic N) is 1. The molecule has 0 radical (unpaired) electrons. The molecule has 1 heterocycles. The van der Waals surface area contributed by atoms with Crippen molar-refractivity contribution < 1.29 is 0 Å². The van der Waals surface area contributed by atoms with Crippen LogP contribution >= 0.6 is 0 Å². The highest BCUT2D eigenvalue weighted by molar-refractivity contribution is 5.61. The maximum Gasteiger partial charge on any atom is 0.0233 e. The zero-order valence-corrected chi connectivity index (χ0v) is 10.9. The predicted molar refractivity (Wildman–Crippen MR) is 74.9 cm³/mol. The van der Waals surface area contributed by atoms with Crippen molar-refractivity contribution in [3.05, 3.63) is 42.0 Å². The summed E-state index contributed by atoms with van der Waals surface area (Å²) in [5, 5.41) is 0. The molecule has 0 bridgehead atoms. The Labute approximate surface area is 105 Å². The smallest absolute Gasteiger partial charge is 0.0233 e. The van der Waals surface area contributed by atoms with Gasteiger partial charge in [-0.15, -0.1) is 0 Å². The summed E-state index contributed by atoms with van der Waals surface area (Å²) in [5.74, 6) is 0. The minimum atomic E-state index is 1.10. The first-order chi connectivity index (χ1) is 8.25. The summed E-state index contributed by atoms with van der Waals surface area (Å²) in [6, 6.07) is 8.82. The van der Waals surface area contributed by atoms with Crippen molar-refractivity contribution in [1.82, 2.24) is 4.90 Å². The Bertz CT molecular complexity index is 373. The molecule has 1 aliphatic heterocycles. The number of hydrogen-bond acceptors (Lipinski definition) is 1. The molecule has 0 aromatic heterocycles. The zero-order chi connectivity index (χ0) is 12.1. The summed E-state index contributed by atoms with van der Waals surface area (Å²) in [5.41, 5.74) is 3.85. The van der Waals surface area contributed by atoms with Crippen LogP contribution in [0.4, 0.5) is 0 Å². The van der Waals surface area contributed by atoms with Crippen LogP contribution in [0.2, 0.25) is 0 Å². The first-order valence-electron chi connectivity index (χ1n) is 6.73. The van der Waals surface area contributed by atoms with Crippen LogP contribution in [-0.2, 0) is 6.54 Å². The van der Waals surface area contributed by atoms with Crippen LogP contribution in [0.3, 0.4) is 0 Å². The van der Waals surface area contributed by atoms with Gasteiger partial charge in [0.05, 0.1) is 0 Å². The number of rotatable bonds is 3. The minimum Gasteiger partial charge on any atom is -0.299 e. The fraction of sp³-hybridized carbons (Fsp3) is 0.500. The Morgan fingerprint density at radius 3 is 2.53 bits per heavy atom. The number of benzene rings is 1. The molecule has 1 nitrogen and oxygen atoms in total. The third kappa shape index (κ3) is 3.71. The molecule has 17 heavy (non-hydrogen) atoms. The van der Waals surface area contributed by atoms with Crippen molar-refractivity contribution in [2.45, 2.75) is 39.2 Å². The lowest BCUT2D eigenvalue weighted by molar-refractivity contribution is 0.277. The quantitative estimate of drug-likeness (QED) is 0.754. The highest BCUT2D eigenvalue weighted by Gasteiger charge is 2.09. The van der Waals surface area contributed by atoms with Gasteiger partial charge in [0.15, 0.2) is 0 Å². The molecule has 1 fully saturated rings. The van der Waals surface area contributed by atoms with Crippen molar-refractivity contribution in [2.24, 2.45) is 0 Å². The largest absolute Gasteiger partial charge is 0.299 e. The van der Waals surface area contributed by atoms with Gasteiger partial charge in [-0.2, -0.15) is 0 Å². The number of allylic oxidation sites excluding steroid dienone is 1. The molecule has 0 spiro atoms. The van der Waals surface area contributed by atoms with E-state index in [4.69, 9.17) is 0 Å². The van der Waals surface area contributed by atoms with Gasteiger partial charge in [0.2, 0.25) is 0 Å². The van der Waals surface area contributed by atoms with Crippen molar-refractivity contribution in [2.75, 3.05) is 13.1 Å². The third-order valence-electron chi connectivity index (χ3n) is 3.52. The van der Waals surface area contributed by atoms with Gasteiger partial charge in [-0.3, -0.25) is 4.90 Å². The molecule has 0 aliphatic carbocycles. The second-order valence-electron chi connectivity index (χ2n) is 5.17. The van der Waals surface area contributed by atoms with E-state index in [9.17, 15) is 0 Å². The lowest BCUT2D eigenvalue weighted by atomic mass is 10.1. The molecule has 0 amide bonds. The second-order valence-corrected chi connectivity index (χ2v) is 5.17. The molecule has 0 unspecified atom stereocenters. The van der Waals surface area contributed by atoms with Crippen molar-refractivity contribution >= 4 is 5.57 Å². The lowest BCUT2D eigenvalue weighted by Gasteiger charge is -2.20. The molecule has 92 valence electrons. The van der Waals surface area contributed by atoms with E-state index >= 15 is 0 Å². The highest BCUT2D eigenvalue weighted by atomic mass is 15.1. The summed E-state index contributed by atoms with van der Waals surface area (Å²) in [6.07, 6.45) is 5.53. The average Bonchev–Trinajstić information content (AvgIpc) is 2.58. The average molecular weight is 229 g/mol. The van der Waals surface area contributed by atoms with Crippen molar-refractivity contribution in [1.29, 1.82) is 0 Å². The topological polar surface area (TPSA) is 3.24 Å².